The van der Waals surface area contributed by atoms with Crippen LogP contribution in [0.4, 0.5) is 0 Å². The van der Waals surface area contributed by atoms with E-state index < -0.39 is 10.0 Å². The molecule has 1 heterocycles. The van der Waals surface area contributed by atoms with Crippen LogP contribution in [0.25, 0.3) is 0 Å². The van der Waals surface area contributed by atoms with Crippen LogP contribution in [-0.4, -0.2) is 60.9 Å². The van der Waals surface area contributed by atoms with Gasteiger partial charge < -0.3 is 14.9 Å². The first-order valence-corrected chi connectivity index (χ1v) is 11.2. The number of morpholine rings is 1. The summed E-state index contributed by atoms with van der Waals surface area (Å²) in [4.78, 5) is 12.3. The van der Waals surface area contributed by atoms with Crippen molar-refractivity contribution in [2.24, 2.45) is 5.10 Å². The van der Waals surface area contributed by atoms with E-state index in [2.05, 4.69) is 10.5 Å². The second kappa shape index (κ2) is 9.90. The molecule has 0 spiro atoms. The highest BCUT2D eigenvalue weighted by atomic mass is 32.2. The van der Waals surface area contributed by atoms with Crippen molar-refractivity contribution in [3.05, 3.63) is 53.6 Å². The van der Waals surface area contributed by atoms with Crippen molar-refractivity contribution in [3.8, 4) is 11.5 Å². The van der Waals surface area contributed by atoms with E-state index in [1.165, 1.54) is 22.5 Å². The Balaban J connectivity index is 1.55. The molecule has 0 atom stereocenters. The van der Waals surface area contributed by atoms with Crippen molar-refractivity contribution in [1.82, 2.24) is 9.73 Å². The number of phenols is 2. The van der Waals surface area contributed by atoms with Crippen LogP contribution in [0.2, 0.25) is 0 Å². The first kappa shape index (κ1) is 22.7. The molecule has 10 heteroatoms. The number of phenolic OH excluding ortho intramolecular Hbond substituents is 2. The fourth-order valence-corrected chi connectivity index (χ4v) is 4.51. The molecule has 1 amide bonds. The number of hydrogen-bond donors (Lipinski definition) is 3. The first-order valence-electron chi connectivity index (χ1n) is 9.79. The summed E-state index contributed by atoms with van der Waals surface area (Å²) in [6.45, 7) is 3.05. The topological polar surface area (TPSA) is 129 Å². The van der Waals surface area contributed by atoms with E-state index in [0.29, 0.717) is 44.0 Å². The molecule has 0 aliphatic carbocycles. The van der Waals surface area contributed by atoms with Crippen LogP contribution in [0.3, 0.4) is 0 Å². The van der Waals surface area contributed by atoms with Crippen LogP contribution in [-0.2, 0) is 26.0 Å². The maximum Gasteiger partial charge on any atom is 0.243 e. The number of benzene rings is 2. The quantitative estimate of drug-likeness (QED) is 0.336. The summed E-state index contributed by atoms with van der Waals surface area (Å²) in [5.74, 6) is -0.405. The van der Waals surface area contributed by atoms with Crippen molar-refractivity contribution in [2.45, 2.75) is 24.7 Å². The van der Waals surface area contributed by atoms with Crippen LogP contribution in [0.15, 0.2) is 52.5 Å². The summed E-state index contributed by atoms with van der Waals surface area (Å²) in [6.07, 6.45) is 0.564. The minimum absolute atomic E-state index is 0.0206. The second-order valence-electron chi connectivity index (χ2n) is 7.09. The van der Waals surface area contributed by atoms with Gasteiger partial charge in [0.05, 0.1) is 23.8 Å². The number of ether oxygens (including phenoxy) is 1. The number of aromatic hydroxyl groups is 2. The van der Waals surface area contributed by atoms with E-state index in [9.17, 15) is 23.4 Å². The Hall–Kier alpha value is -2.95. The molecule has 3 rings (SSSR count). The summed E-state index contributed by atoms with van der Waals surface area (Å²) in [5.41, 5.74) is 3.90. The minimum atomic E-state index is -3.54. The minimum Gasteiger partial charge on any atom is -0.508 e. The summed E-state index contributed by atoms with van der Waals surface area (Å²) in [6, 6.07) is 10.5. The average Bonchev–Trinajstić information content (AvgIpc) is 2.78. The van der Waals surface area contributed by atoms with Crippen LogP contribution in [0.1, 0.15) is 24.5 Å². The fourth-order valence-electron chi connectivity index (χ4n) is 3.10. The van der Waals surface area contributed by atoms with E-state index in [0.717, 1.165) is 5.56 Å². The van der Waals surface area contributed by atoms with Crippen LogP contribution < -0.4 is 5.43 Å². The Kier molecular flexibility index (Phi) is 7.26. The Bertz CT molecular complexity index is 1060. The Morgan fingerprint density at radius 3 is 2.48 bits per heavy atom. The normalized spacial score (nSPS) is 15.6. The molecular weight excluding hydrogens is 422 g/mol. The van der Waals surface area contributed by atoms with Gasteiger partial charge in [-0.25, -0.2) is 13.8 Å². The maximum absolute atomic E-state index is 12.6. The number of hydrazone groups is 1. The van der Waals surface area contributed by atoms with Crippen molar-refractivity contribution >= 4 is 21.6 Å². The van der Waals surface area contributed by atoms with Crippen LogP contribution in [0, 0.1) is 0 Å². The predicted octanol–water partition coefficient (Wildman–Crippen LogP) is 1.59. The molecule has 9 nitrogen and oxygen atoms in total. The third-order valence-electron chi connectivity index (χ3n) is 4.89. The van der Waals surface area contributed by atoms with Crippen LogP contribution >= 0.6 is 0 Å². The van der Waals surface area contributed by atoms with Gasteiger partial charge in [0, 0.05) is 25.1 Å². The zero-order chi connectivity index (χ0) is 22.4. The molecule has 166 valence electrons. The summed E-state index contributed by atoms with van der Waals surface area (Å²) < 4.78 is 31.9. The lowest BCUT2D eigenvalue weighted by Crippen LogP contribution is -2.40. The molecule has 0 bridgehead atoms. The number of aryl methyl sites for hydroxylation is 1. The number of nitrogens with zero attached hydrogens (tertiary/aromatic N) is 2. The smallest absolute Gasteiger partial charge is 0.243 e. The number of carbonyl (C=O) groups excluding carboxylic acids is 1. The van der Waals surface area contributed by atoms with Gasteiger partial charge in [-0.15, -0.1) is 0 Å². The van der Waals surface area contributed by atoms with Gasteiger partial charge in [0.2, 0.25) is 15.9 Å². The number of carbonyl (C=O) groups is 1. The monoisotopic (exact) mass is 447 g/mol. The average molecular weight is 448 g/mol. The van der Waals surface area contributed by atoms with Crippen molar-refractivity contribution < 1.29 is 28.2 Å². The molecular formula is C21H25N3O6S. The van der Waals surface area contributed by atoms with Crippen molar-refractivity contribution in [3.63, 3.8) is 0 Å². The Morgan fingerprint density at radius 2 is 1.81 bits per heavy atom. The van der Waals surface area contributed by atoms with Gasteiger partial charge in [-0.05, 0) is 49.2 Å². The van der Waals surface area contributed by atoms with Gasteiger partial charge in [-0.3, -0.25) is 4.79 Å². The fraction of sp³-hybridized carbons (Fsp3) is 0.333. The molecule has 0 radical (unpaired) electrons. The van der Waals surface area contributed by atoms with Gasteiger partial charge in [-0.1, -0.05) is 12.1 Å². The highest BCUT2D eigenvalue weighted by molar-refractivity contribution is 7.89. The number of nitrogens with one attached hydrogen (secondary N) is 1. The third kappa shape index (κ3) is 5.81. The predicted molar refractivity (Wildman–Crippen MR) is 114 cm³/mol. The molecule has 1 fully saturated rings. The molecule has 0 aromatic heterocycles. The first-order chi connectivity index (χ1) is 14.8. The van der Waals surface area contributed by atoms with Gasteiger partial charge in [0.15, 0.2) is 0 Å². The molecule has 2 aromatic rings. The number of amides is 1. The van der Waals surface area contributed by atoms with Gasteiger partial charge in [-0.2, -0.15) is 9.41 Å². The summed E-state index contributed by atoms with van der Waals surface area (Å²) >= 11 is 0. The molecule has 0 saturated carbocycles. The Morgan fingerprint density at radius 1 is 1.13 bits per heavy atom. The number of rotatable bonds is 7. The largest absolute Gasteiger partial charge is 0.508 e. The molecule has 31 heavy (non-hydrogen) atoms. The SMILES string of the molecule is C/C(=N\NC(=O)CCc1ccc(S(=O)(=O)N2CCOCC2)cc1)c1cc(O)ccc1O. The maximum atomic E-state index is 12.6. The molecule has 1 saturated heterocycles. The van der Waals surface area contributed by atoms with Gasteiger partial charge >= 0.3 is 0 Å². The lowest BCUT2D eigenvalue weighted by atomic mass is 10.1. The number of hydrogen-bond acceptors (Lipinski definition) is 7. The van der Waals surface area contributed by atoms with E-state index >= 15 is 0 Å². The lowest BCUT2D eigenvalue weighted by Gasteiger charge is -2.26. The molecule has 2 aromatic carbocycles. The van der Waals surface area contributed by atoms with E-state index in [4.69, 9.17) is 4.74 Å². The third-order valence-corrected chi connectivity index (χ3v) is 6.80. The van der Waals surface area contributed by atoms with Crippen LogP contribution in [0.5, 0.6) is 11.5 Å². The molecule has 3 N–H and O–H groups in total. The molecule has 1 aliphatic heterocycles. The van der Waals surface area contributed by atoms with Crippen molar-refractivity contribution in [1.29, 1.82) is 0 Å². The zero-order valence-electron chi connectivity index (χ0n) is 17.1. The summed E-state index contributed by atoms with van der Waals surface area (Å²) in [5, 5.41) is 23.3. The number of sulfonamides is 1. The van der Waals surface area contributed by atoms with Crippen molar-refractivity contribution in [2.75, 3.05) is 26.3 Å². The van der Waals surface area contributed by atoms with E-state index in [1.807, 2.05) is 0 Å². The molecule has 0 unspecified atom stereocenters. The highest BCUT2D eigenvalue weighted by Gasteiger charge is 2.26. The zero-order valence-corrected chi connectivity index (χ0v) is 17.9. The summed E-state index contributed by atoms with van der Waals surface area (Å²) in [7, 11) is -3.54. The van der Waals surface area contributed by atoms with E-state index in [-0.39, 0.29) is 28.7 Å². The lowest BCUT2D eigenvalue weighted by molar-refractivity contribution is -0.121. The van der Waals surface area contributed by atoms with Gasteiger partial charge in [0.25, 0.3) is 0 Å². The second-order valence-corrected chi connectivity index (χ2v) is 9.03. The Labute approximate surface area is 181 Å². The molecule has 1 aliphatic rings. The van der Waals surface area contributed by atoms with Gasteiger partial charge in [0.1, 0.15) is 11.5 Å². The standard InChI is InChI=1S/C21H25N3O6S/c1-15(19-14-17(25)5-8-20(19)26)22-23-21(27)9-4-16-2-6-18(7-3-16)31(28,29)24-10-12-30-13-11-24/h2-3,5-8,14,25-26H,4,9-13H2,1H3,(H,23,27)/b22-15+. The van der Waals surface area contributed by atoms with E-state index in [1.54, 1.807) is 31.2 Å². The highest BCUT2D eigenvalue weighted by Crippen LogP contribution is 2.22.